The molecule has 3 rings (SSSR count). The van der Waals surface area contributed by atoms with Gasteiger partial charge in [0.1, 0.15) is 5.82 Å². The molecule has 0 aliphatic carbocycles. The van der Waals surface area contributed by atoms with Gasteiger partial charge in [-0.1, -0.05) is 35.9 Å². The minimum Gasteiger partial charge on any atom is -0.278 e. The highest BCUT2D eigenvalue weighted by Crippen LogP contribution is 2.13. The second-order valence-corrected chi connectivity index (χ2v) is 7.98. The smallest absolute Gasteiger partial charge is 0.278 e. The highest BCUT2D eigenvalue weighted by Gasteiger charge is 2.21. The molecular weight excluding hydrogens is 388 g/mol. The fourth-order valence-corrected chi connectivity index (χ4v) is 3.85. The third-order valence-electron chi connectivity index (χ3n) is 4.17. The second-order valence-electron chi connectivity index (χ2n) is 6.16. The Kier molecular flexibility index (Phi) is 5.28. The summed E-state index contributed by atoms with van der Waals surface area (Å²) in [6.45, 7) is 1.58. The van der Waals surface area contributed by atoms with Gasteiger partial charge in [-0.2, -0.15) is 3.97 Å². The Labute approximate surface area is 160 Å². The molecule has 0 aliphatic rings. The second kappa shape index (κ2) is 7.51. The van der Waals surface area contributed by atoms with Crippen LogP contribution in [0.25, 0.3) is 0 Å². The fraction of sp³-hybridized carbons (Fsp3) is 0.158. The van der Waals surface area contributed by atoms with E-state index in [1.54, 1.807) is 25.1 Å². The Balaban J connectivity index is 2.11. The molecule has 0 atom stereocenters. The lowest BCUT2D eigenvalue weighted by molar-refractivity contribution is 0.533. The maximum atomic E-state index is 14.6. The summed E-state index contributed by atoms with van der Waals surface area (Å²) in [5, 5.41) is 0. The monoisotopic (exact) mass is 405 g/mol. The van der Waals surface area contributed by atoms with Gasteiger partial charge >= 0.3 is 5.69 Å². The normalized spacial score (nSPS) is 12.4. The average Bonchev–Trinajstić information content (AvgIpc) is 2.66. The zero-order valence-corrected chi connectivity index (χ0v) is 16.0. The first-order valence-electron chi connectivity index (χ1n) is 8.26. The summed E-state index contributed by atoms with van der Waals surface area (Å²) < 4.78 is 54.8. The van der Waals surface area contributed by atoms with Crippen LogP contribution >= 0.6 is 0 Å². The van der Waals surface area contributed by atoms with E-state index in [0.29, 0.717) is 10.2 Å². The van der Waals surface area contributed by atoms with Crippen LogP contribution in [0.15, 0.2) is 69.4 Å². The average molecular weight is 405 g/mol. The van der Waals surface area contributed by atoms with Crippen LogP contribution in [-0.2, 0) is 23.6 Å². The highest BCUT2D eigenvalue weighted by molar-refractivity contribution is 7.90. The fourth-order valence-electron chi connectivity index (χ4n) is 2.58. The van der Waals surface area contributed by atoms with Crippen molar-refractivity contribution < 1.29 is 17.2 Å². The molecule has 28 heavy (non-hydrogen) atoms. The van der Waals surface area contributed by atoms with Gasteiger partial charge in [0, 0.05) is 12.6 Å². The summed E-state index contributed by atoms with van der Waals surface area (Å²) in [5.41, 5.74) is -0.304. The van der Waals surface area contributed by atoms with Crippen molar-refractivity contribution in [2.24, 2.45) is 12.0 Å². The topological polar surface area (TPSA) is 73.4 Å². The first-order chi connectivity index (χ1) is 13.2. The van der Waals surface area contributed by atoms with Gasteiger partial charge in [0.15, 0.2) is 11.3 Å². The Morgan fingerprint density at radius 1 is 1.00 bits per heavy atom. The molecule has 0 bridgehead atoms. The van der Waals surface area contributed by atoms with Crippen LogP contribution in [0.3, 0.4) is 0 Å². The number of rotatable bonds is 4. The van der Waals surface area contributed by atoms with E-state index in [2.05, 4.69) is 4.99 Å². The molecule has 0 radical (unpaired) electrons. The van der Waals surface area contributed by atoms with Crippen molar-refractivity contribution in [2.45, 2.75) is 18.4 Å². The highest BCUT2D eigenvalue weighted by atomic mass is 32.2. The molecule has 0 saturated heterocycles. The molecule has 0 N–H and O–H groups in total. The van der Waals surface area contributed by atoms with Gasteiger partial charge < -0.3 is 0 Å². The molecule has 2 aromatic carbocycles. The number of hydrogen-bond acceptors (Lipinski definition) is 4. The standard InChI is InChI=1S/C19H17F2N3O3S/c1-13-7-9-15(10-8-13)28(26,27)24-12-17(21)18(23(2)19(24)25)22-11-14-5-3-4-6-16(14)20/h3-10,12H,11H2,1-2H3/b22-18+. The molecule has 0 amide bonds. The SMILES string of the molecule is Cc1ccc(S(=O)(=O)n2cc(F)/c(=N\Cc3ccccc3F)n(C)c2=O)cc1. The lowest BCUT2D eigenvalue weighted by Crippen LogP contribution is -2.42. The number of nitrogens with zero attached hydrogens (tertiary/aromatic N) is 3. The number of aryl methyl sites for hydroxylation is 1. The summed E-state index contributed by atoms with van der Waals surface area (Å²) in [4.78, 5) is 16.4. The maximum Gasteiger partial charge on any atom is 0.343 e. The Hall–Kier alpha value is -3.07. The summed E-state index contributed by atoms with van der Waals surface area (Å²) in [7, 11) is -3.08. The van der Waals surface area contributed by atoms with Crippen molar-refractivity contribution in [1.29, 1.82) is 0 Å². The molecule has 9 heteroatoms. The van der Waals surface area contributed by atoms with Crippen LogP contribution in [0.2, 0.25) is 0 Å². The van der Waals surface area contributed by atoms with Crippen molar-refractivity contribution in [2.75, 3.05) is 0 Å². The number of benzene rings is 2. The predicted octanol–water partition coefficient (Wildman–Crippen LogP) is 2.11. The van der Waals surface area contributed by atoms with E-state index in [1.165, 1.54) is 37.4 Å². The molecule has 0 aliphatic heterocycles. The van der Waals surface area contributed by atoms with Gasteiger partial charge in [-0.05, 0) is 25.1 Å². The largest absolute Gasteiger partial charge is 0.343 e. The van der Waals surface area contributed by atoms with Crippen molar-refractivity contribution in [3.63, 3.8) is 0 Å². The van der Waals surface area contributed by atoms with E-state index in [-0.39, 0.29) is 22.5 Å². The van der Waals surface area contributed by atoms with Gasteiger partial charge in [-0.3, -0.25) is 9.56 Å². The number of hydrogen-bond donors (Lipinski definition) is 0. The predicted molar refractivity (Wildman–Crippen MR) is 99.1 cm³/mol. The summed E-state index contributed by atoms with van der Waals surface area (Å²) in [5.74, 6) is -1.53. The van der Waals surface area contributed by atoms with E-state index in [0.717, 1.165) is 10.1 Å². The first kappa shape index (κ1) is 19.7. The summed E-state index contributed by atoms with van der Waals surface area (Å²) in [6.07, 6.45) is 0.581. The van der Waals surface area contributed by atoms with Gasteiger partial charge in [-0.15, -0.1) is 0 Å². The van der Waals surface area contributed by atoms with E-state index < -0.39 is 27.3 Å². The van der Waals surface area contributed by atoms with Gasteiger partial charge in [0.05, 0.1) is 17.6 Å². The quantitative estimate of drug-likeness (QED) is 0.667. The molecule has 3 aromatic rings. The number of halogens is 2. The molecule has 146 valence electrons. The minimum atomic E-state index is -4.28. The van der Waals surface area contributed by atoms with Gasteiger partial charge in [0.2, 0.25) is 0 Å². The molecule has 0 unspecified atom stereocenters. The van der Waals surface area contributed by atoms with Crippen LogP contribution in [0, 0.1) is 18.6 Å². The maximum absolute atomic E-state index is 14.6. The molecule has 0 spiro atoms. The van der Waals surface area contributed by atoms with Gasteiger partial charge in [-0.25, -0.2) is 22.0 Å². The molecule has 0 saturated carbocycles. The lowest BCUT2D eigenvalue weighted by atomic mass is 10.2. The van der Waals surface area contributed by atoms with Crippen molar-refractivity contribution in [3.05, 3.63) is 93.5 Å². The van der Waals surface area contributed by atoms with Crippen LogP contribution in [-0.4, -0.2) is 17.0 Å². The molecular formula is C19H17F2N3O3S. The zero-order chi connectivity index (χ0) is 20.5. The van der Waals surface area contributed by atoms with Gasteiger partial charge in [0.25, 0.3) is 10.0 Å². The van der Waals surface area contributed by atoms with Crippen LogP contribution in [0.4, 0.5) is 8.78 Å². The van der Waals surface area contributed by atoms with Crippen molar-refractivity contribution in [3.8, 4) is 0 Å². The minimum absolute atomic E-state index is 0.143. The van der Waals surface area contributed by atoms with Crippen molar-refractivity contribution >= 4 is 10.0 Å². The van der Waals surface area contributed by atoms with E-state index in [1.807, 2.05) is 0 Å². The lowest BCUT2D eigenvalue weighted by Gasteiger charge is -2.10. The van der Waals surface area contributed by atoms with E-state index in [9.17, 15) is 22.0 Å². The summed E-state index contributed by atoms with van der Waals surface area (Å²) >= 11 is 0. The van der Waals surface area contributed by atoms with Crippen LogP contribution < -0.4 is 11.2 Å². The first-order valence-corrected chi connectivity index (χ1v) is 9.70. The summed E-state index contributed by atoms with van der Waals surface area (Å²) in [6, 6.07) is 11.7. The molecule has 0 fully saturated rings. The number of aromatic nitrogens is 2. The van der Waals surface area contributed by atoms with Crippen LogP contribution in [0.1, 0.15) is 11.1 Å². The van der Waals surface area contributed by atoms with E-state index in [4.69, 9.17) is 0 Å². The third kappa shape index (κ3) is 3.65. The Morgan fingerprint density at radius 2 is 1.64 bits per heavy atom. The molecule has 6 nitrogen and oxygen atoms in total. The van der Waals surface area contributed by atoms with Crippen LogP contribution in [0.5, 0.6) is 0 Å². The Bertz CT molecular complexity index is 1260. The van der Waals surface area contributed by atoms with Crippen molar-refractivity contribution in [1.82, 2.24) is 8.54 Å². The molecule has 1 aromatic heterocycles. The zero-order valence-electron chi connectivity index (χ0n) is 15.1. The third-order valence-corrected chi connectivity index (χ3v) is 5.82. The Morgan fingerprint density at radius 3 is 2.29 bits per heavy atom. The van der Waals surface area contributed by atoms with E-state index >= 15 is 0 Å². The molecule has 1 heterocycles.